The van der Waals surface area contributed by atoms with E-state index in [1.165, 1.54) is 16.2 Å². The third kappa shape index (κ3) is 6.08. The molecule has 172 valence electrons. The molecule has 6 nitrogen and oxygen atoms in total. The van der Waals surface area contributed by atoms with Gasteiger partial charge in [-0.15, -0.1) is 11.3 Å². The number of benzene rings is 2. The van der Waals surface area contributed by atoms with Crippen molar-refractivity contribution in [2.45, 2.75) is 32.9 Å². The molecule has 0 atom stereocenters. The van der Waals surface area contributed by atoms with Gasteiger partial charge in [0.05, 0.1) is 16.1 Å². The molecule has 2 aromatic carbocycles. The number of ether oxygens (including phenoxy) is 1. The molecule has 0 saturated heterocycles. The Hall–Kier alpha value is -3.45. The largest absolute Gasteiger partial charge is 0.452 e. The number of amides is 2. The molecule has 33 heavy (non-hydrogen) atoms. The SMILES string of the molecule is CN(C(=O)c1cccs1)c1ccccc1C(=O)OCC(=O)N(Cc1ccccc1)C(C)(C)C. The van der Waals surface area contributed by atoms with E-state index >= 15 is 0 Å². The minimum atomic E-state index is -0.654. The number of hydrogen-bond donors (Lipinski definition) is 0. The highest BCUT2D eigenvalue weighted by Crippen LogP contribution is 2.24. The number of esters is 1. The molecular formula is C26H28N2O4S. The van der Waals surface area contributed by atoms with Gasteiger partial charge in [-0.05, 0) is 49.9 Å². The monoisotopic (exact) mass is 464 g/mol. The Balaban J connectivity index is 1.72. The lowest BCUT2D eigenvalue weighted by Gasteiger charge is -2.35. The van der Waals surface area contributed by atoms with E-state index < -0.39 is 11.5 Å². The fraction of sp³-hybridized carbons (Fsp3) is 0.269. The molecule has 0 bridgehead atoms. The molecule has 0 radical (unpaired) electrons. The Bertz CT molecular complexity index is 1100. The first-order valence-electron chi connectivity index (χ1n) is 10.6. The molecule has 0 aliphatic heterocycles. The van der Waals surface area contributed by atoms with Gasteiger partial charge < -0.3 is 14.5 Å². The zero-order chi connectivity index (χ0) is 24.0. The second-order valence-corrected chi connectivity index (χ2v) is 9.52. The third-order valence-electron chi connectivity index (χ3n) is 5.14. The number of anilines is 1. The van der Waals surface area contributed by atoms with Gasteiger partial charge in [0.25, 0.3) is 11.8 Å². The van der Waals surface area contributed by atoms with Crippen molar-refractivity contribution in [3.05, 3.63) is 88.1 Å². The van der Waals surface area contributed by atoms with E-state index in [1.807, 2.05) is 56.5 Å². The lowest BCUT2D eigenvalue weighted by Crippen LogP contribution is -2.46. The maximum atomic E-state index is 13.0. The van der Waals surface area contributed by atoms with E-state index in [9.17, 15) is 14.4 Å². The summed E-state index contributed by atoms with van der Waals surface area (Å²) in [4.78, 5) is 42.3. The number of hydrogen-bond acceptors (Lipinski definition) is 5. The van der Waals surface area contributed by atoms with Crippen molar-refractivity contribution in [3.63, 3.8) is 0 Å². The zero-order valence-electron chi connectivity index (χ0n) is 19.3. The van der Waals surface area contributed by atoms with Crippen molar-refractivity contribution in [3.8, 4) is 0 Å². The topological polar surface area (TPSA) is 66.9 Å². The molecular weight excluding hydrogens is 436 g/mol. The summed E-state index contributed by atoms with van der Waals surface area (Å²) in [7, 11) is 1.61. The van der Waals surface area contributed by atoms with Crippen LogP contribution in [0, 0.1) is 0 Å². The molecule has 0 unspecified atom stereocenters. The van der Waals surface area contributed by atoms with E-state index in [0.29, 0.717) is 17.1 Å². The highest BCUT2D eigenvalue weighted by molar-refractivity contribution is 7.12. The standard InChI is InChI=1S/C26H28N2O4S/c1-26(2,3)28(17-19-11-6-5-7-12-19)23(29)18-32-25(31)20-13-8-9-14-21(20)27(4)24(30)22-15-10-16-33-22/h5-16H,17-18H2,1-4H3. The van der Waals surface area contributed by atoms with Gasteiger partial charge in [-0.2, -0.15) is 0 Å². The summed E-state index contributed by atoms with van der Waals surface area (Å²) in [6, 6.07) is 19.9. The van der Waals surface area contributed by atoms with Crippen LogP contribution >= 0.6 is 11.3 Å². The Morgan fingerprint density at radius 1 is 0.909 bits per heavy atom. The number of carbonyl (C=O) groups is 3. The average molecular weight is 465 g/mol. The van der Waals surface area contributed by atoms with Crippen LogP contribution in [0.3, 0.4) is 0 Å². The summed E-state index contributed by atoms with van der Waals surface area (Å²) in [5.41, 5.74) is 1.18. The molecule has 1 heterocycles. The quantitative estimate of drug-likeness (QED) is 0.461. The lowest BCUT2D eigenvalue weighted by molar-refractivity contribution is -0.140. The van der Waals surface area contributed by atoms with Crippen molar-refractivity contribution in [2.24, 2.45) is 0 Å². The molecule has 1 aromatic heterocycles. The Morgan fingerprint density at radius 2 is 1.58 bits per heavy atom. The highest BCUT2D eigenvalue weighted by Gasteiger charge is 2.28. The molecule has 0 aliphatic carbocycles. The van der Waals surface area contributed by atoms with Gasteiger partial charge in [-0.25, -0.2) is 4.79 Å². The van der Waals surface area contributed by atoms with Crippen LogP contribution in [0.15, 0.2) is 72.1 Å². The number of nitrogens with zero attached hydrogens (tertiary/aromatic N) is 2. The fourth-order valence-electron chi connectivity index (χ4n) is 3.36. The fourth-order valence-corrected chi connectivity index (χ4v) is 4.06. The van der Waals surface area contributed by atoms with Crippen molar-refractivity contribution < 1.29 is 19.1 Å². The second kappa shape index (κ2) is 10.4. The smallest absolute Gasteiger partial charge is 0.340 e. The molecule has 0 spiro atoms. The van der Waals surface area contributed by atoms with Gasteiger partial charge in [0.15, 0.2) is 6.61 Å². The number of carbonyl (C=O) groups excluding carboxylic acids is 3. The van der Waals surface area contributed by atoms with Crippen molar-refractivity contribution in [1.82, 2.24) is 4.90 Å². The number of rotatable bonds is 7. The zero-order valence-corrected chi connectivity index (χ0v) is 20.1. The first-order valence-corrected chi connectivity index (χ1v) is 11.5. The summed E-state index contributed by atoms with van der Waals surface area (Å²) in [5.74, 6) is -1.17. The highest BCUT2D eigenvalue weighted by atomic mass is 32.1. The van der Waals surface area contributed by atoms with Crippen LogP contribution < -0.4 is 4.90 Å². The van der Waals surface area contributed by atoms with E-state index in [-0.39, 0.29) is 24.0 Å². The first-order chi connectivity index (χ1) is 15.7. The number of para-hydroxylation sites is 1. The first kappa shape index (κ1) is 24.2. The Morgan fingerprint density at radius 3 is 2.21 bits per heavy atom. The maximum absolute atomic E-state index is 13.0. The van der Waals surface area contributed by atoms with Gasteiger partial charge in [-0.1, -0.05) is 48.5 Å². The van der Waals surface area contributed by atoms with E-state index in [4.69, 9.17) is 4.74 Å². The minimum Gasteiger partial charge on any atom is -0.452 e. The van der Waals surface area contributed by atoms with E-state index in [1.54, 1.807) is 48.3 Å². The lowest BCUT2D eigenvalue weighted by atomic mass is 10.0. The summed E-state index contributed by atoms with van der Waals surface area (Å²) in [5, 5.41) is 1.82. The summed E-state index contributed by atoms with van der Waals surface area (Å²) < 4.78 is 5.40. The summed E-state index contributed by atoms with van der Waals surface area (Å²) >= 11 is 1.33. The van der Waals surface area contributed by atoms with Crippen LogP contribution in [0.1, 0.15) is 46.4 Å². The molecule has 0 N–H and O–H groups in total. The van der Waals surface area contributed by atoms with Crippen molar-refractivity contribution in [1.29, 1.82) is 0 Å². The molecule has 0 fully saturated rings. The van der Waals surface area contributed by atoms with Crippen molar-refractivity contribution in [2.75, 3.05) is 18.6 Å². The molecule has 0 saturated carbocycles. The summed E-state index contributed by atoms with van der Waals surface area (Å²) in [6.45, 7) is 5.84. The minimum absolute atomic E-state index is 0.219. The molecule has 7 heteroatoms. The van der Waals surface area contributed by atoms with Crippen LogP contribution in [0.4, 0.5) is 5.69 Å². The van der Waals surface area contributed by atoms with E-state index in [0.717, 1.165) is 5.56 Å². The van der Waals surface area contributed by atoms with Gasteiger partial charge in [0.2, 0.25) is 0 Å². The average Bonchev–Trinajstić information content (AvgIpc) is 3.35. The van der Waals surface area contributed by atoms with Crippen molar-refractivity contribution >= 4 is 34.8 Å². The predicted molar refractivity (Wildman–Crippen MR) is 131 cm³/mol. The summed E-state index contributed by atoms with van der Waals surface area (Å²) in [6.07, 6.45) is 0. The normalized spacial score (nSPS) is 11.0. The number of thiophene rings is 1. The van der Waals surface area contributed by atoms with Crippen LogP contribution in [0.25, 0.3) is 0 Å². The molecule has 0 aliphatic rings. The van der Waals surface area contributed by atoms with Crippen LogP contribution in [-0.2, 0) is 16.1 Å². The van der Waals surface area contributed by atoms with Gasteiger partial charge in [-0.3, -0.25) is 9.59 Å². The maximum Gasteiger partial charge on any atom is 0.340 e. The Kier molecular flexibility index (Phi) is 7.66. The third-order valence-corrected chi connectivity index (χ3v) is 6.00. The van der Waals surface area contributed by atoms with Gasteiger partial charge >= 0.3 is 5.97 Å². The van der Waals surface area contributed by atoms with Crippen LogP contribution in [0.5, 0.6) is 0 Å². The molecule has 3 rings (SSSR count). The van der Waals surface area contributed by atoms with Gasteiger partial charge in [0, 0.05) is 19.1 Å². The van der Waals surface area contributed by atoms with Crippen LogP contribution in [0.2, 0.25) is 0 Å². The molecule has 2 amide bonds. The van der Waals surface area contributed by atoms with E-state index in [2.05, 4.69) is 0 Å². The van der Waals surface area contributed by atoms with Crippen LogP contribution in [-0.4, -0.2) is 41.9 Å². The second-order valence-electron chi connectivity index (χ2n) is 8.57. The Labute approximate surface area is 198 Å². The predicted octanol–water partition coefficient (Wildman–Crippen LogP) is 5.01. The van der Waals surface area contributed by atoms with Gasteiger partial charge in [0.1, 0.15) is 0 Å². The molecule has 3 aromatic rings.